The van der Waals surface area contributed by atoms with E-state index in [9.17, 15) is 0 Å². The van der Waals surface area contributed by atoms with Crippen LogP contribution in [0.25, 0.3) is 9.40 Å². The van der Waals surface area contributed by atoms with E-state index in [1.165, 1.54) is 31.8 Å². The molecule has 2 aromatic heterocycles. The summed E-state index contributed by atoms with van der Waals surface area (Å²) in [6.45, 7) is 2.21. The van der Waals surface area contributed by atoms with E-state index in [1.54, 1.807) is 22.7 Å². The van der Waals surface area contributed by atoms with E-state index in [2.05, 4.69) is 48.7 Å². The molecule has 3 heteroatoms. The molecule has 0 aliphatic heterocycles. The van der Waals surface area contributed by atoms with Crippen LogP contribution in [-0.2, 0) is 6.42 Å². The molecular formula is C16H17NS2. The zero-order valence-corrected chi connectivity index (χ0v) is 12.6. The fourth-order valence-corrected chi connectivity index (χ4v) is 4.43. The molecule has 0 aliphatic carbocycles. The number of hydrogen-bond acceptors (Lipinski definition) is 3. The van der Waals surface area contributed by atoms with Crippen LogP contribution in [0.2, 0.25) is 0 Å². The van der Waals surface area contributed by atoms with Crippen LogP contribution in [0.1, 0.15) is 35.4 Å². The van der Waals surface area contributed by atoms with Crippen LogP contribution in [0.5, 0.6) is 0 Å². The van der Waals surface area contributed by atoms with Crippen molar-refractivity contribution in [2.75, 3.05) is 0 Å². The Morgan fingerprint density at radius 3 is 2.58 bits per heavy atom. The Balaban J connectivity index is 1.86. The minimum Gasteiger partial charge on any atom is -0.320 e. The zero-order valence-electron chi connectivity index (χ0n) is 10.9. The molecule has 0 fully saturated rings. The summed E-state index contributed by atoms with van der Waals surface area (Å²) in [6.07, 6.45) is 2.33. The minimum atomic E-state index is 0.000256. The van der Waals surface area contributed by atoms with Gasteiger partial charge in [0, 0.05) is 14.3 Å². The average molecular weight is 287 g/mol. The molecule has 2 N–H and O–H groups in total. The molecule has 0 saturated carbocycles. The monoisotopic (exact) mass is 287 g/mol. The van der Waals surface area contributed by atoms with Gasteiger partial charge in [-0.15, -0.1) is 22.7 Å². The van der Waals surface area contributed by atoms with Crippen molar-refractivity contribution in [2.45, 2.75) is 25.8 Å². The second-order valence-corrected chi connectivity index (χ2v) is 6.83. The number of hydrogen-bond donors (Lipinski definition) is 1. The standard InChI is InChI=1S/C16H17NS2/c1-2-3-11-4-6-12(7-5-11)16(17)15-10-14-13(19-15)8-9-18-14/h4-10,16H,2-3,17H2,1H3. The molecule has 1 unspecified atom stereocenters. The van der Waals surface area contributed by atoms with Gasteiger partial charge in [0.15, 0.2) is 0 Å². The lowest BCUT2D eigenvalue weighted by Crippen LogP contribution is -2.09. The van der Waals surface area contributed by atoms with Gasteiger partial charge in [-0.3, -0.25) is 0 Å². The SMILES string of the molecule is CCCc1ccc(C(N)c2cc3sccc3s2)cc1. The molecule has 3 aromatic rings. The van der Waals surface area contributed by atoms with Crippen LogP contribution in [0, 0.1) is 0 Å². The Hall–Kier alpha value is -1.16. The average Bonchev–Trinajstić information content (AvgIpc) is 3.00. The van der Waals surface area contributed by atoms with Gasteiger partial charge in [-0.1, -0.05) is 37.6 Å². The third-order valence-corrected chi connectivity index (χ3v) is 5.52. The maximum absolute atomic E-state index is 6.38. The van der Waals surface area contributed by atoms with Crippen molar-refractivity contribution in [3.8, 4) is 0 Å². The third kappa shape index (κ3) is 2.59. The Kier molecular flexibility index (Phi) is 3.69. The highest BCUT2D eigenvalue weighted by Gasteiger charge is 2.12. The van der Waals surface area contributed by atoms with Crippen molar-refractivity contribution in [2.24, 2.45) is 5.73 Å². The molecule has 0 radical (unpaired) electrons. The first kappa shape index (κ1) is 12.9. The largest absolute Gasteiger partial charge is 0.320 e. The second kappa shape index (κ2) is 5.45. The van der Waals surface area contributed by atoms with E-state index < -0.39 is 0 Å². The van der Waals surface area contributed by atoms with Gasteiger partial charge in [0.25, 0.3) is 0 Å². The zero-order chi connectivity index (χ0) is 13.2. The molecule has 1 nitrogen and oxygen atoms in total. The van der Waals surface area contributed by atoms with Gasteiger partial charge in [-0.25, -0.2) is 0 Å². The first-order valence-corrected chi connectivity index (χ1v) is 8.29. The Bertz CT molecular complexity index is 635. The fourth-order valence-electron chi connectivity index (χ4n) is 2.28. The first-order valence-electron chi connectivity index (χ1n) is 6.59. The predicted octanol–water partition coefficient (Wildman–Crippen LogP) is 4.96. The summed E-state index contributed by atoms with van der Waals surface area (Å²) >= 11 is 3.59. The molecule has 98 valence electrons. The first-order chi connectivity index (χ1) is 9.28. The van der Waals surface area contributed by atoms with E-state index in [0.29, 0.717) is 0 Å². The predicted molar refractivity (Wildman–Crippen MR) is 86.2 cm³/mol. The summed E-state index contributed by atoms with van der Waals surface area (Å²) in [7, 11) is 0. The van der Waals surface area contributed by atoms with E-state index in [4.69, 9.17) is 5.73 Å². The lowest BCUT2D eigenvalue weighted by molar-refractivity contribution is 0.884. The Labute approximate surface area is 121 Å². The maximum Gasteiger partial charge on any atom is 0.0646 e. The molecule has 1 aromatic carbocycles. The van der Waals surface area contributed by atoms with E-state index >= 15 is 0 Å². The van der Waals surface area contributed by atoms with Crippen LogP contribution in [0.15, 0.2) is 41.8 Å². The van der Waals surface area contributed by atoms with E-state index in [1.807, 2.05) is 0 Å². The highest BCUT2D eigenvalue weighted by atomic mass is 32.1. The molecule has 0 bridgehead atoms. The highest BCUT2D eigenvalue weighted by Crippen LogP contribution is 2.34. The summed E-state index contributed by atoms with van der Waals surface area (Å²) in [5.74, 6) is 0. The smallest absolute Gasteiger partial charge is 0.0646 e. The van der Waals surface area contributed by atoms with Crippen molar-refractivity contribution in [1.82, 2.24) is 0 Å². The normalized spacial score (nSPS) is 12.9. The van der Waals surface area contributed by atoms with Crippen LogP contribution >= 0.6 is 22.7 Å². The molecule has 19 heavy (non-hydrogen) atoms. The van der Waals surface area contributed by atoms with Crippen molar-refractivity contribution in [3.63, 3.8) is 0 Å². The van der Waals surface area contributed by atoms with Crippen molar-refractivity contribution >= 4 is 32.1 Å². The lowest BCUT2D eigenvalue weighted by Gasteiger charge is -2.10. The minimum absolute atomic E-state index is 0.000256. The summed E-state index contributed by atoms with van der Waals surface area (Å²) in [4.78, 5) is 1.25. The van der Waals surface area contributed by atoms with Crippen LogP contribution < -0.4 is 5.73 Å². The number of aryl methyl sites for hydroxylation is 1. The summed E-state index contributed by atoms with van der Waals surface area (Å²) in [5, 5.41) is 2.13. The third-order valence-electron chi connectivity index (χ3n) is 3.34. The van der Waals surface area contributed by atoms with Crippen molar-refractivity contribution in [3.05, 3.63) is 57.8 Å². The number of nitrogens with two attached hydrogens (primary N) is 1. The second-order valence-electron chi connectivity index (χ2n) is 4.77. The van der Waals surface area contributed by atoms with Crippen LogP contribution in [-0.4, -0.2) is 0 Å². The van der Waals surface area contributed by atoms with Crippen LogP contribution in [0.3, 0.4) is 0 Å². The van der Waals surface area contributed by atoms with E-state index in [-0.39, 0.29) is 6.04 Å². The number of benzene rings is 1. The number of rotatable bonds is 4. The number of thiophene rings is 2. The topological polar surface area (TPSA) is 26.0 Å². The van der Waals surface area contributed by atoms with Gasteiger partial charge < -0.3 is 5.73 Å². The molecule has 1 atom stereocenters. The number of fused-ring (bicyclic) bond motifs is 1. The Morgan fingerprint density at radius 1 is 1.11 bits per heavy atom. The molecule has 0 spiro atoms. The van der Waals surface area contributed by atoms with Gasteiger partial charge in [0.1, 0.15) is 0 Å². The van der Waals surface area contributed by atoms with Gasteiger partial charge in [0.2, 0.25) is 0 Å². The maximum atomic E-state index is 6.38. The van der Waals surface area contributed by atoms with Gasteiger partial charge in [-0.05, 0) is 35.1 Å². The highest BCUT2D eigenvalue weighted by molar-refractivity contribution is 7.27. The Morgan fingerprint density at radius 2 is 1.89 bits per heavy atom. The van der Waals surface area contributed by atoms with Crippen molar-refractivity contribution < 1.29 is 0 Å². The molecule has 2 heterocycles. The van der Waals surface area contributed by atoms with Gasteiger partial charge >= 0.3 is 0 Å². The summed E-state index contributed by atoms with van der Waals surface area (Å²) < 4.78 is 2.69. The molecule has 3 rings (SSSR count). The quantitative estimate of drug-likeness (QED) is 0.721. The molecule has 0 aliphatic rings. The fraction of sp³-hybridized carbons (Fsp3) is 0.250. The molecule has 0 saturated heterocycles. The molecular weight excluding hydrogens is 270 g/mol. The van der Waals surface area contributed by atoms with Gasteiger partial charge in [-0.2, -0.15) is 0 Å². The van der Waals surface area contributed by atoms with Gasteiger partial charge in [0.05, 0.1) is 6.04 Å². The lowest BCUT2D eigenvalue weighted by atomic mass is 10.0. The summed E-state index contributed by atoms with van der Waals surface area (Å²) in [6, 6.07) is 13.1. The summed E-state index contributed by atoms with van der Waals surface area (Å²) in [5.41, 5.74) is 8.98. The van der Waals surface area contributed by atoms with Crippen molar-refractivity contribution in [1.29, 1.82) is 0 Å². The molecule has 0 amide bonds. The van der Waals surface area contributed by atoms with Crippen LogP contribution in [0.4, 0.5) is 0 Å². The van der Waals surface area contributed by atoms with E-state index in [0.717, 1.165) is 6.42 Å².